The van der Waals surface area contributed by atoms with E-state index in [4.69, 9.17) is 14.5 Å². The highest BCUT2D eigenvalue weighted by atomic mass is 32.2. The van der Waals surface area contributed by atoms with Crippen LogP contribution in [-0.2, 0) is 27.0 Å². The van der Waals surface area contributed by atoms with E-state index in [2.05, 4.69) is 27.7 Å². The SMILES string of the molecule is CC(C)COc1cc(F)cc(-c2ccc(C(=O)NS(=O)(=O)C3CCNN3)c(N3CCC4(CC3)OCc3ccccc34)n2)c1. The number of carbonyl (C=O) groups is 1. The zero-order valence-electron chi connectivity index (χ0n) is 24.2. The molecule has 3 aromatic rings. The minimum atomic E-state index is -4.00. The van der Waals surface area contributed by atoms with Crippen LogP contribution in [0.25, 0.3) is 11.3 Å². The fraction of sp³-hybridized carbons (Fsp3) is 0.419. The summed E-state index contributed by atoms with van der Waals surface area (Å²) in [4.78, 5) is 20.3. The second-order valence-corrected chi connectivity index (χ2v) is 13.6. The molecule has 0 aliphatic carbocycles. The van der Waals surface area contributed by atoms with Crippen LogP contribution in [0.3, 0.4) is 0 Å². The van der Waals surface area contributed by atoms with Crippen LogP contribution >= 0.6 is 0 Å². The normalized spacial score (nSPS) is 19.5. The fourth-order valence-electron chi connectivity index (χ4n) is 5.91. The molecule has 0 saturated carbocycles. The van der Waals surface area contributed by atoms with Crippen molar-refractivity contribution in [1.29, 1.82) is 0 Å². The summed E-state index contributed by atoms with van der Waals surface area (Å²) >= 11 is 0. The quantitative estimate of drug-likeness (QED) is 0.350. The molecule has 228 valence electrons. The zero-order valence-corrected chi connectivity index (χ0v) is 25.0. The van der Waals surface area contributed by atoms with Gasteiger partial charge in [-0.15, -0.1) is 0 Å². The highest BCUT2D eigenvalue weighted by Crippen LogP contribution is 2.45. The predicted molar refractivity (Wildman–Crippen MR) is 160 cm³/mol. The molecule has 1 unspecified atom stereocenters. The lowest BCUT2D eigenvalue weighted by Crippen LogP contribution is -2.46. The highest BCUT2D eigenvalue weighted by molar-refractivity contribution is 7.90. The number of fused-ring (bicyclic) bond motifs is 2. The highest BCUT2D eigenvalue weighted by Gasteiger charge is 2.43. The van der Waals surface area contributed by atoms with Gasteiger partial charge in [0.25, 0.3) is 15.9 Å². The average molecular weight is 610 g/mol. The van der Waals surface area contributed by atoms with E-state index in [-0.39, 0.29) is 11.5 Å². The number of nitrogens with zero attached hydrogens (tertiary/aromatic N) is 2. The smallest absolute Gasteiger partial charge is 0.268 e. The number of halogens is 1. The lowest BCUT2D eigenvalue weighted by molar-refractivity contribution is -0.0551. The number of amides is 1. The van der Waals surface area contributed by atoms with Gasteiger partial charge in [-0.25, -0.2) is 27.9 Å². The lowest BCUT2D eigenvalue weighted by Gasteiger charge is -2.40. The number of aromatic nitrogens is 1. The Balaban J connectivity index is 1.32. The molecule has 3 aliphatic heterocycles. The number of hydrogen-bond acceptors (Lipinski definition) is 9. The van der Waals surface area contributed by atoms with Crippen molar-refractivity contribution < 1.29 is 27.1 Å². The third-order valence-electron chi connectivity index (χ3n) is 8.16. The summed E-state index contributed by atoms with van der Waals surface area (Å²) in [6.45, 7) is 6.53. The van der Waals surface area contributed by atoms with Gasteiger partial charge in [-0.1, -0.05) is 38.1 Å². The van der Waals surface area contributed by atoms with Crippen LogP contribution < -0.4 is 25.2 Å². The van der Waals surface area contributed by atoms with Crippen molar-refractivity contribution in [3.63, 3.8) is 0 Å². The van der Waals surface area contributed by atoms with Gasteiger partial charge in [0.2, 0.25) is 0 Å². The Morgan fingerprint density at radius 1 is 1.19 bits per heavy atom. The van der Waals surface area contributed by atoms with E-state index in [1.165, 1.54) is 23.3 Å². The largest absolute Gasteiger partial charge is 0.493 e. The minimum Gasteiger partial charge on any atom is -0.493 e. The molecule has 2 aromatic carbocycles. The minimum absolute atomic E-state index is 0.120. The zero-order chi connectivity index (χ0) is 30.2. The Morgan fingerprint density at radius 3 is 2.72 bits per heavy atom. The number of carbonyl (C=O) groups excluding carboxylic acids is 1. The van der Waals surface area contributed by atoms with Gasteiger partial charge in [-0.2, -0.15) is 0 Å². The van der Waals surface area contributed by atoms with Gasteiger partial charge in [0, 0.05) is 31.3 Å². The summed E-state index contributed by atoms with van der Waals surface area (Å²) in [5.74, 6) is -0.265. The van der Waals surface area contributed by atoms with Crippen LogP contribution in [-0.4, -0.2) is 50.9 Å². The summed E-state index contributed by atoms with van der Waals surface area (Å²) in [5, 5.41) is -0.932. The lowest BCUT2D eigenvalue weighted by atomic mass is 9.83. The van der Waals surface area contributed by atoms with Crippen molar-refractivity contribution in [2.75, 3.05) is 31.1 Å². The number of hydrogen-bond donors (Lipinski definition) is 3. The Hall–Kier alpha value is -3.58. The molecule has 10 nitrogen and oxygen atoms in total. The molecule has 1 atom stereocenters. The van der Waals surface area contributed by atoms with Crippen LogP contribution in [0.5, 0.6) is 5.75 Å². The summed E-state index contributed by atoms with van der Waals surface area (Å²) in [6.07, 6.45) is 1.66. The molecule has 43 heavy (non-hydrogen) atoms. The van der Waals surface area contributed by atoms with E-state index in [1.54, 1.807) is 18.2 Å². The summed E-state index contributed by atoms with van der Waals surface area (Å²) in [5.41, 5.74) is 8.47. The van der Waals surface area contributed by atoms with Crippen LogP contribution in [0.1, 0.15) is 54.6 Å². The number of sulfonamides is 1. The van der Waals surface area contributed by atoms with Crippen LogP contribution in [0.15, 0.2) is 54.6 Å². The Labute approximate surface area is 251 Å². The molecule has 12 heteroatoms. The Kier molecular flexibility index (Phi) is 8.12. The molecule has 0 radical (unpaired) electrons. The molecule has 6 rings (SSSR count). The monoisotopic (exact) mass is 609 g/mol. The topological polar surface area (TPSA) is 122 Å². The molecule has 1 amide bonds. The van der Waals surface area contributed by atoms with Gasteiger partial charge in [0.15, 0.2) is 0 Å². The molecule has 3 aliphatic rings. The Bertz CT molecular complexity index is 1620. The van der Waals surface area contributed by atoms with Crippen LogP contribution in [0, 0.1) is 11.7 Å². The van der Waals surface area contributed by atoms with Crippen molar-refractivity contribution in [2.45, 2.75) is 50.7 Å². The molecule has 0 bridgehead atoms. The second-order valence-electron chi connectivity index (χ2n) is 11.7. The first-order valence-corrected chi connectivity index (χ1v) is 16.1. The number of piperidine rings is 1. The molecule has 2 saturated heterocycles. The average Bonchev–Trinajstić information content (AvgIpc) is 3.66. The number of nitrogens with one attached hydrogen (secondary N) is 3. The molecular formula is C31H36FN5O5S. The van der Waals surface area contributed by atoms with Crippen LogP contribution in [0.4, 0.5) is 10.2 Å². The van der Waals surface area contributed by atoms with Crippen molar-refractivity contribution in [2.24, 2.45) is 5.92 Å². The molecular weight excluding hydrogens is 573 g/mol. The third-order valence-corrected chi connectivity index (χ3v) is 9.73. The van der Waals surface area contributed by atoms with Gasteiger partial charge in [-0.05, 0) is 60.6 Å². The van der Waals surface area contributed by atoms with Crippen LogP contribution in [0.2, 0.25) is 0 Å². The van der Waals surface area contributed by atoms with E-state index in [0.717, 1.165) is 0 Å². The molecule has 1 spiro atoms. The predicted octanol–water partition coefficient (Wildman–Crippen LogP) is 3.83. The van der Waals surface area contributed by atoms with Gasteiger partial charge >= 0.3 is 0 Å². The number of ether oxygens (including phenoxy) is 2. The molecule has 3 N–H and O–H groups in total. The Morgan fingerprint density at radius 2 is 1.98 bits per heavy atom. The summed E-state index contributed by atoms with van der Waals surface area (Å²) in [6, 6.07) is 15.8. The molecule has 1 aromatic heterocycles. The van der Waals surface area contributed by atoms with Crippen molar-refractivity contribution >= 4 is 21.7 Å². The van der Waals surface area contributed by atoms with E-state index in [1.807, 2.05) is 30.9 Å². The first-order chi connectivity index (χ1) is 20.6. The van der Waals surface area contributed by atoms with Gasteiger partial charge in [-0.3, -0.25) is 10.2 Å². The van der Waals surface area contributed by atoms with E-state index < -0.39 is 32.7 Å². The third kappa shape index (κ3) is 6.10. The molecule has 4 heterocycles. The van der Waals surface area contributed by atoms with E-state index in [0.29, 0.717) is 74.9 Å². The number of benzene rings is 2. The fourth-order valence-corrected chi connectivity index (χ4v) is 7.09. The summed E-state index contributed by atoms with van der Waals surface area (Å²) in [7, 11) is -4.00. The van der Waals surface area contributed by atoms with Gasteiger partial charge in [0.1, 0.15) is 22.8 Å². The first kappa shape index (κ1) is 29.5. The van der Waals surface area contributed by atoms with Crippen molar-refractivity contribution in [1.82, 2.24) is 20.6 Å². The maximum atomic E-state index is 14.7. The van der Waals surface area contributed by atoms with Gasteiger partial charge < -0.3 is 14.4 Å². The summed E-state index contributed by atoms with van der Waals surface area (Å²) < 4.78 is 54.8. The number of anilines is 1. The number of rotatable bonds is 8. The van der Waals surface area contributed by atoms with Gasteiger partial charge in [0.05, 0.1) is 30.1 Å². The number of hydrazine groups is 1. The number of pyridine rings is 1. The molecule has 2 fully saturated rings. The second kappa shape index (κ2) is 11.8. The first-order valence-electron chi connectivity index (χ1n) is 14.6. The standard InChI is InChI=1S/C31H36FN5O5S/c1-20(2)18-41-24-16-22(15-23(32)17-24)27-8-7-25(30(38)36-43(39,40)28-9-12-33-35-28)29(34-27)37-13-10-31(11-14-37)26-6-4-3-5-21(26)19-42-31/h3-8,15-17,20,28,33,35H,9-14,18-19H2,1-2H3,(H,36,38). The maximum Gasteiger partial charge on any atom is 0.268 e. The van der Waals surface area contributed by atoms with Crippen molar-refractivity contribution in [3.8, 4) is 17.0 Å². The van der Waals surface area contributed by atoms with Crippen molar-refractivity contribution in [3.05, 3.63) is 77.1 Å². The van der Waals surface area contributed by atoms with E-state index in [9.17, 15) is 17.6 Å². The van der Waals surface area contributed by atoms with E-state index >= 15 is 0 Å². The maximum absolute atomic E-state index is 14.7.